The summed E-state index contributed by atoms with van der Waals surface area (Å²) >= 11 is 0. The van der Waals surface area contributed by atoms with Crippen molar-refractivity contribution in [3.63, 3.8) is 0 Å². The molecule has 2 aromatic rings. The molecule has 1 aromatic heterocycles. The quantitative estimate of drug-likeness (QED) is 0.893. The van der Waals surface area contributed by atoms with Crippen LogP contribution < -0.4 is 5.32 Å². The summed E-state index contributed by atoms with van der Waals surface area (Å²) in [5.74, 6) is -0.0706. The Bertz CT molecular complexity index is 754. The highest BCUT2D eigenvalue weighted by Gasteiger charge is 2.32. The van der Waals surface area contributed by atoms with E-state index in [0.717, 1.165) is 11.1 Å². The Hall–Kier alpha value is -2.22. The van der Waals surface area contributed by atoms with Gasteiger partial charge >= 0.3 is 0 Å². The summed E-state index contributed by atoms with van der Waals surface area (Å²) in [4.78, 5) is 15.9. The van der Waals surface area contributed by atoms with Crippen molar-refractivity contribution in [3.05, 3.63) is 36.2 Å². The number of hydrogen-bond acceptors (Lipinski definition) is 6. The summed E-state index contributed by atoms with van der Waals surface area (Å²) in [5, 5.41) is 6.52. The number of carbonyl (C=O) groups excluding carboxylic acids is 1. The summed E-state index contributed by atoms with van der Waals surface area (Å²) in [7, 11) is -3.04. The van der Waals surface area contributed by atoms with Crippen LogP contribution in [0.3, 0.4) is 0 Å². The predicted octanol–water partition coefficient (Wildman–Crippen LogP) is 0.787. The smallest absolute Gasteiger partial charge is 0.224 e. The topological polar surface area (TPSA) is 102 Å². The molecule has 0 bridgehead atoms. The second kappa shape index (κ2) is 5.88. The highest BCUT2D eigenvalue weighted by atomic mass is 32.2. The third kappa shape index (κ3) is 3.33. The average Bonchev–Trinajstić information content (AvgIpc) is 3.15. The molecule has 1 aromatic carbocycles. The summed E-state index contributed by atoms with van der Waals surface area (Å²) in [5.41, 5.74) is 1.74. The molecule has 0 radical (unpaired) electrons. The van der Waals surface area contributed by atoms with E-state index in [0.29, 0.717) is 18.8 Å². The molecule has 1 N–H and O–H groups in total. The maximum Gasteiger partial charge on any atom is 0.224 e. The first kappa shape index (κ1) is 14.7. The molecule has 0 aliphatic carbocycles. The number of nitrogens with one attached hydrogen (secondary N) is 1. The van der Waals surface area contributed by atoms with Gasteiger partial charge in [-0.05, 0) is 12.0 Å². The SMILES string of the molecule is O=C(NCc1ccc(-c2ncon2)cc1)[C@@H]1CCS(=O)(=O)C1. The fraction of sp³-hybridized carbons (Fsp3) is 0.357. The van der Waals surface area contributed by atoms with Gasteiger partial charge in [-0.15, -0.1) is 0 Å². The van der Waals surface area contributed by atoms with Gasteiger partial charge in [0.05, 0.1) is 17.4 Å². The minimum absolute atomic E-state index is 0.0460. The lowest BCUT2D eigenvalue weighted by Gasteiger charge is -2.09. The van der Waals surface area contributed by atoms with Gasteiger partial charge in [-0.25, -0.2) is 8.42 Å². The second-order valence-corrected chi connectivity index (χ2v) is 7.50. The molecule has 0 saturated carbocycles. The van der Waals surface area contributed by atoms with Gasteiger partial charge in [0.15, 0.2) is 9.84 Å². The van der Waals surface area contributed by atoms with Crippen molar-refractivity contribution < 1.29 is 17.7 Å². The molecular weight excluding hydrogens is 306 g/mol. The van der Waals surface area contributed by atoms with Gasteiger partial charge in [-0.2, -0.15) is 4.98 Å². The first-order valence-electron chi connectivity index (χ1n) is 6.87. The molecule has 1 aliphatic heterocycles. The van der Waals surface area contributed by atoms with E-state index in [1.54, 1.807) is 0 Å². The highest BCUT2D eigenvalue weighted by molar-refractivity contribution is 7.91. The van der Waals surface area contributed by atoms with Crippen LogP contribution in [0.25, 0.3) is 11.4 Å². The lowest BCUT2D eigenvalue weighted by Crippen LogP contribution is -2.30. The number of rotatable bonds is 4. The van der Waals surface area contributed by atoms with Crippen LogP contribution in [0.15, 0.2) is 35.2 Å². The zero-order chi connectivity index (χ0) is 15.6. The molecule has 1 atom stereocenters. The number of carbonyl (C=O) groups is 1. The fourth-order valence-corrected chi connectivity index (χ4v) is 4.15. The van der Waals surface area contributed by atoms with Crippen LogP contribution in [0.2, 0.25) is 0 Å². The van der Waals surface area contributed by atoms with Gasteiger partial charge in [0.1, 0.15) is 0 Å². The van der Waals surface area contributed by atoms with E-state index in [1.807, 2.05) is 24.3 Å². The Kier molecular flexibility index (Phi) is 3.93. The van der Waals surface area contributed by atoms with Gasteiger partial charge in [-0.1, -0.05) is 29.4 Å². The van der Waals surface area contributed by atoms with Crippen LogP contribution in [0.5, 0.6) is 0 Å². The lowest BCUT2D eigenvalue weighted by atomic mass is 10.1. The van der Waals surface area contributed by atoms with E-state index in [1.165, 1.54) is 6.39 Å². The van der Waals surface area contributed by atoms with Gasteiger partial charge in [0.2, 0.25) is 18.1 Å². The van der Waals surface area contributed by atoms with E-state index in [9.17, 15) is 13.2 Å². The largest absolute Gasteiger partial charge is 0.352 e. The number of hydrogen-bond donors (Lipinski definition) is 1. The number of benzene rings is 1. The van der Waals surface area contributed by atoms with Crippen LogP contribution in [0, 0.1) is 5.92 Å². The highest BCUT2D eigenvalue weighted by Crippen LogP contribution is 2.19. The van der Waals surface area contributed by atoms with E-state index < -0.39 is 15.8 Å². The van der Waals surface area contributed by atoms with E-state index >= 15 is 0 Å². The third-order valence-electron chi connectivity index (χ3n) is 3.64. The number of aromatic nitrogens is 2. The maximum absolute atomic E-state index is 12.0. The van der Waals surface area contributed by atoms with Gasteiger partial charge in [-0.3, -0.25) is 4.79 Å². The molecule has 3 rings (SSSR count). The summed E-state index contributed by atoms with van der Waals surface area (Å²) in [6.45, 7) is 0.363. The Morgan fingerprint density at radius 2 is 2.09 bits per heavy atom. The maximum atomic E-state index is 12.0. The zero-order valence-electron chi connectivity index (χ0n) is 11.7. The monoisotopic (exact) mass is 321 g/mol. The molecule has 0 spiro atoms. The Morgan fingerprint density at radius 1 is 1.32 bits per heavy atom. The van der Waals surface area contributed by atoms with Crippen LogP contribution in [-0.4, -0.2) is 36.0 Å². The van der Waals surface area contributed by atoms with Gasteiger partial charge in [0.25, 0.3) is 0 Å². The Labute approximate surface area is 127 Å². The summed E-state index contributed by atoms with van der Waals surface area (Å²) in [6, 6.07) is 7.40. The van der Waals surface area contributed by atoms with Crippen LogP contribution in [-0.2, 0) is 21.2 Å². The number of amides is 1. The average molecular weight is 321 g/mol. The van der Waals surface area contributed by atoms with Gasteiger partial charge in [0, 0.05) is 12.1 Å². The Balaban J connectivity index is 1.57. The Morgan fingerprint density at radius 3 is 2.68 bits per heavy atom. The van der Waals surface area contributed by atoms with Crippen molar-refractivity contribution in [2.24, 2.45) is 5.92 Å². The molecule has 8 heteroatoms. The van der Waals surface area contributed by atoms with Crippen LogP contribution in [0.1, 0.15) is 12.0 Å². The first-order valence-corrected chi connectivity index (χ1v) is 8.69. The van der Waals surface area contributed by atoms with Crippen molar-refractivity contribution in [1.82, 2.24) is 15.5 Å². The number of nitrogens with zero attached hydrogens (tertiary/aromatic N) is 2. The minimum atomic E-state index is -3.04. The molecule has 1 saturated heterocycles. The molecule has 1 aliphatic rings. The fourth-order valence-electron chi connectivity index (χ4n) is 2.40. The molecule has 0 unspecified atom stereocenters. The molecule has 2 heterocycles. The third-order valence-corrected chi connectivity index (χ3v) is 5.41. The molecule has 7 nitrogen and oxygen atoms in total. The molecule has 1 fully saturated rings. The van der Waals surface area contributed by atoms with E-state index in [-0.39, 0.29) is 17.4 Å². The van der Waals surface area contributed by atoms with Crippen molar-refractivity contribution in [1.29, 1.82) is 0 Å². The normalized spacial score (nSPS) is 19.9. The molecule has 1 amide bonds. The summed E-state index contributed by atoms with van der Waals surface area (Å²) < 4.78 is 27.4. The second-order valence-electron chi connectivity index (χ2n) is 5.27. The van der Waals surface area contributed by atoms with E-state index in [4.69, 9.17) is 0 Å². The molecular formula is C14H15N3O4S. The first-order chi connectivity index (χ1) is 10.5. The van der Waals surface area contributed by atoms with Crippen molar-refractivity contribution in [3.8, 4) is 11.4 Å². The zero-order valence-corrected chi connectivity index (χ0v) is 12.5. The summed E-state index contributed by atoms with van der Waals surface area (Å²) in [6.07, 6.45) is 1.67. The van der Waals surface area contributed by atoms with E-state index in [2.05, 4.69) is 20.0 Å². The van der Waals surface area contributed by atoms with Crippen LogP contribution >= 0.6 is 0 Å². The van der Waals surface area contributed by atoms with Crippen molar-refractivity contribution in [2.45, 2.75) is 13.0 Å². The predicted molar refractivity (Wildman–Crippen MR) is 78.3 cm³/mol. The number of sulfone groups is 1. The molecule has 116 valence electrons. The standard InChI is InChI=1S/C14H15N3O4S/c18-14(12-5-6-22(19,20)8-12)15-7-10-1-3-11(4-2-10)13-16-9-21-17-13/h1-4,9,12H,5-8H2,(H,15,18)/t12-/m1/s1. The van der Waals surface area contributed by atoms with Crippen molar-refractivity contribution in [2.75, 3.05) is 11.5 Å². The lowest BCUT2D eigenvalue weighted by molar-refractivity contribution is -0.124. The van der Waals surface area contributed by atoms with Crippen molar-refractivity contribution >= 4 is 15.7 Å². The van der Waals surface area contributed by atoms with Gasteiger partial charge < -0.3 is 9.84 Å². The minimum Gasteiger partial charge on any atom is -0.352 e. The molecule has 22 heavy (non-hydrogen) atoms. The van der Waals surface area contributed by atoms with Crippen LogP contribution in [0.4, 0.5) is 0 Å².